The largest absolute Gasteiger partial charge is 0.368 e. The number of aryl methyl sites for hydroxylation is 2. The van der Waals surface area contributed by atoms with Crippen molar-refractivity contribution in [2.75, 3.05) is 11.4 Å². The van der Waals surface area contributed by atoms with E-state index in [2.05, 4.69) is 23.7 Å². The van der Waals surface area contributed by atoms with E-state index in [9.17, 15) is 9.59 Å². The molecule has 2 aromatic rings. The van der Waals surface area contributed by atoms with Crippen molar-refractivity contribution in [3.63, 3.8) is 0 Å². The predicted octanol–water partition coefficient (Wildman–Crippen LogP) is 1.57. The fourth-order valence-electron chi connectivity index (χ4n) is 3.57. The zero-order chi connectivity index (χ0) is 16.7. The van der Waals surface area contributed by atoms with Gasteiger partial charge in [0.25, 0.3) is 5.56 Å². The maximum atomic E-state index is 12.8. The molecule has 0 amide bonds. The third-order valence-electron chi connectivity index (χ3n) is 4.99. The van der Waals surface area contributed by atoms with Gasteiger partial charge in [-0.05, 0) is 38.2 Å². The summed E-state index contributed by atoms with van der Waals surface area (Å²) in [6.45, 7) is 5.23. The molecule has 0 radical (unpaired) electrons. The lowest BCUT2D eigenvalue weighted by molar-refractivity contribution is 0.484. The number of nitrogens with zero attached hydrogens (tertiary/aromatic N) is 4. The van der Waals surface area contributed by atoms with Crippen LogP contribution in [0.4, 0.5) is 5.69 Å². The molecule has 0 bridgehead atoms. The first-order valence-electron chi connectivity index (χ1n) is 8.31. The highest BCUT2D eigenvalue weighted by Crippen LogP contribution is 2.32. The molecule has 1 fully saturated rings. The Morgan fingerprint density at radius 3 is 2.61 bits per heavy atom. The van der Waals surface area contributed by atoms with Crippen LogP contribution in [0.2, 0.25) is 0 Å². The van der Waals surface area contributed by atoms with E-state index in [-0.39, 0.29) is 11.2 Å². The van der Waals surface area contributed by atoms with Crippen LogP contribution >= 0.6 is 0 Å². The normalized spacial score (nSPS) is 18.6. The van der Waals surface area contributed by atoms with Crippen molar-refractivity contribution >= 4 is 16.7 Å². The molecular formula is C17H24N4O2. The fourth-order valence-corrected chi connectivity index (χ4v) is 3.57. The van der Waals surface area contributed by atoms with E-state index in [0.29, 0.717) is 17.1 Å². The molecule has 6 nitrogen and oxygen atoms in total. The van der Waals surface area contributed by atoms with Crippen LogP contribution in [0.15, 0.2) is 15.8 Å². The molecule has 2 aromatic heterocycles. The Labute approximate surface area is 135 Å². The van der Waals surface area contributed by atoms with Gasteiger partial charge in [0.05, 0.1) is 5.69 Å². The molecule has 0 aliphatic carbocycles. The standard InChI is InChI=1S/C17H24N4O2/c1-5-12-10-18-15-13(16(22)20(4)17(23)19(15)3)14(12)21-9-7-6-8-11(21)2/h10-11H,5-9H2,1-4H3. The number of rotatable bonds is 2. The first-order valence-corrected chi connectivity index (χ1v) is 8.31. The van der Waals surface area contributed by atoms with Crippen molar-refractivity contribution in [3.8, 4) is 0 Å². The van der Waals surface area contributed by atoms with Crippen LogP contribution in [0, 0.1) is 0 Å². The molecule has 1 saturated heterocycles. The van der Waals surface area contributed by atoms with Gasteiger partial charge in [0.15, 0.2) is 5.65 Å². The third kappa shape index (κ3) is 2.36. The number of pyridine rings is 1. The summed E-state index contributed by atoms with van der Waals surface area (Å²) in [5.41, 5.74) is 1.93. The zero-order valence-corrected chi connectivity index (χ0v) is 14.3. The Morgan fingerprint density at radius 2 is 1.96 bits per heavy atom. The van der Waals surface area contributed by atoms with Crippen molar-refractivity contribution in [2.24, 2.45) is 14.1 Å². The van der Waals surface area contributed by atoms with E-state index >= 15 is 0 Å². The van der Waals surface area contributed by atoms with Crippen LogP contribution in [-0.4, -0.2) is 26.7 Å². The SMILES string of the molecule is CCc1cnc2c(c1N1CCCCC1C)c(=O)n(C)c(=O)n2C. The maximum Gasteiger partial charge on any atom is 0.332 e. The highest BCUT2D eigenvalue weighted by Gasteiger charge is 2.25. The molecular weight excluding hydrogens is 292 g/mol. The molecule has 1 aliphatic rings. The zero-order valence-electron chi connectivity index (χ0n) is 14.3. The lowest BCUT2D eigenvalue weighted by Crippen LogP contribution is -2.41. The molecule has 3 heterocycles. The lowest BCUT2D eigenvalue weighted by Gasteiger charge is -2.37. The number of piperidine rings is 1. The molecule has 23 heavy (non-hydrogen) atoms. The highest BCUT2D eigenvalue weighted by molar-refractivity contribution is 5.91. The topological polar surface area (TPSA) is 60.1 Å². The van der Waals surface area contributed by atoms with Crippen LogP contribution in [0.5, 0.6) is 0 Å². The van der Waals surface area contributed by atoms with E-state index in [0.717, 1.165) is 37.1 Å². The highest BCUT2D eigenvalue weighted by atomic mass is 16.2. The van der Waals surface area contributed by atoms with Gasteiger partial charge in [-0.15, -0.1) is 0 Å². The van der Waals surface area contributed by atoms with Gasteiger partial charge in [-0.1, -0.05) is 6.92 Å². The van der Waals surface area contributed by atoms with Gasteiger partial charge in [0, 0.05) is 32.9 Å². The van der Waals surface area contributed by atoms with Crippen molar-refractivity contribution in [2.45, 2.75) is 45.6 Å². The number of anilines is 1. The maximum absolute atomic E-state index is 12.8. The Bertz CT molecular complexity index is 865. The van der Waals surface area contributed by atoms with E-state index in [1.165, 1.54) is 22.6 Å². The molecule has 124 valence electrons. The molecule has 6 heteroatoms. The average molecular weight is 316 g/mol. The molecule has 0 saturated carbocycles. The Morgan fingerprint density at radius 1 is 1.22 bits per heavy atom. The van der Waals surface area contributed by atoms with Crippen LogP contribution in [0.1, 0.15) is 38.7 Å². The summed E-state index contributed by atoms with van der Waals surface area (Å²) in [7, 11) is 3.21. The number of hydrogen-bond donors (Lipinski definition) is 0. The van der Waals surface area contributed by atoms with Gasteiger partial charge in [0.2, 0.25) is 0 Å². The summed E-state index contributed by atoms with van der Waals surface area (Å²) >= 11 is 0. The number of fused-ring (bicyclic) bond motifs is 1. The summed E-state index contributed by atoms with van der Waals surface area (Å²) in [5.74, 6) is 0. The van der Waals surface area contributed by atoms with Gasteiger partial charge < -0.3 is 4.90 Å². The Balaban J connectivity index is 2.43. The van der Waals surface area contributed by atoms with E-state index < -0.39 is 0 Å². The van der Waals surface area contributed by atoms with Gasteiger partial charge in [-0.25, -0.2) is 9.78 Å². The molecule has 3 rings (SSSR count). The van der Waals surface area contributed by atoms with Crippen molar-refractivity contribution < 1.29 is 0 Å². The van der Waals surface area contributed by atoms with E-state index in [1.807, 2.05) is 6.20 Å². The molecule has 1 atom stereocenters. The summed E-state index contributed by atoms with van der Waals surface area (Å²) in [6, 6.07) is 0.390. The fraction of sp³-hybridized carbons (Fsp3) is 0.588. The molecule has 1 unspecified atom stereocenters. The second kappa shape index (κ2) is 5.83. The van der Waals surface area contributed by atoms with Gasteiger partial charge >= 0.3 is 5.69 Å². The summed E-state index contributed by atoms with van der Waals surface area (Å²) in [6.07, 6.45) is 6.10. The lowest BCUT2D eigenvalue weighted by atomic mass is 10.00. The van der Waals surface area contributed by atoms with Crippen molar-refractivity contribution in [1.29, 1.82) is 0 Å². The second-order valence-electron chi connectivity index (χ2n) is 6.43. The summed E-state index contributed by atoms with van der Waals surface area (Å²) < 4.78 is 2.65. The number of aromatic nitrogens is 3. The molecule has 0 N–H and O–H groups in total. The predicted molar refractivity (Wildman–Crippen MR) is 92.3 cm³/mol. The molecule has 0 spiro atoms. The van der Waals surface area contributed by atoms with Crippen molar-refractivity contribution in [1.82, 2.24) is 14.1 Å². The van der Waals surface area contributed by atoms with Crippen LogP contribution in [-0.2, 0) is 20.5 Å². The summed E-state index contributed by atoms with van der Waals surface area (Å²) in [5, 5.41) is 0.572. The van der Waals surface area contributed by atoms with E-state index in [4.69, 9.17) is 0 Å². The van der Waals surface area contributed by atoms with Gasteiger partial charge in [-0.2, -0.15) is 0 Å². The van der Waals surface area contributed by atoms with Crippen molar-refractivity contribution in [3.05, 3.63) is 32.6 Å². The quantitative estimate of drug-likeness (QED) is 0.844. The minimum atomic E-state index is -0.336. The minimum absolute atomic E-state index is 0.251. The first kappa shape index (κ1) is 15.8. The second-order valence-corrected chi connectivity index (χ2v) is 6.43. The molecule has 1 aliphatic heterocycles. The van der Waals surface area contributed by atoms with Crippen LogP contribution in [0.25, 0.3) is 11.0 Å². The Hall–Kier alpha value is -2.11. The average Bonchev–Trinajstić information content (AvgIpc) is 2.57. The monoisotopic (exact) mass is 316 g/mol. The first-order chi connectivity index (χ1) is 11.0. The molecule has 0 aromatic carbocycles. The van der Waals surface area contributed by atoms with Gasteiger partial charge in [0.1, 0.15) is 5.39 Å². The van der Waals surface area contributed by atoms with Gasteiger partial charge in [-0.3, -0.25) is 13.9 Å². The smallest absolute Gasteiger partial charge is 0.332 e. The summed E-state index contributed by atoms with van der Waals surface area (Å²) in [4.78, 5) is 31.8. The Kier molecular flexibility index (Phi) is 4.00. The minimum Gasteiger partial charge on any atom is -0.368 e. The third-order valence-corrected chi connectivity index (χ3v) is 4.99. The number of hydrogen-bond acceptors (Lipinski definition) is 4. The van der Waals surface area contributed by atoms with Crippen LogP contribution in [0.3, 0.4) is 0 Å². The van der Waals surface area contributed by atoms with Crippen LogP contribution < -0.4 is 16.1 Å². The van der Waals surface area contributed by atoms with E-state index in [1.54, 1.807) is 7.05 Å².